The van der Waals surface area contributed by atoms with Gasteiger partial charge in [-0.3, -0.25) is 9.89 Å². The van der Waals surface area contributed by atoms with Gasteiger partial charge in [-0.25, -0.2) is 0 Å². The van der Waals surface area contributed by atoms with Crippen LogP contribution in [0.25, 0.3) is 11.5 Å². The number of carbonyl (C=O) groups excluding carboxylic acids is 1. The van der Waals surface area contributed by atoms with Crippen molar-refractivity contribution < 1.29 is 9.21 Å². The summed E-state index contributed by atoms with van der Waals surface area (Å²) in [7, 11) is 0. The average Bonchev–Trinajstić information content (AvgIpc) is 3.31. The molecule has 0 atom stereocenters. The van der Waals surface area contributed by atoms with Crippen molar-refractivity contribution in [1.29, 1.82) is 0 Å². The van der Waals surface area contributed by atoms with E-state index in [1.54, 1.807) is 0 Å². The minimum atomic E-state index is -0.0141. The lowest BCUT2D eigenvalue weighted by Gasteiger charge is -2.07. The second-order valence-corrected chi connectivity index (χ2v) is 6.59. The highest BCUT2D eigenvalue weighted by molar-refractivity contribution is 5.94. The largest absolute Gasteiger partial charge is 0.460 e. The number of nitrogens with zero attached hydrogens (tertiary/aromatic N) is 1. The molecule has 6 nitrogen and oxygen atoms in total. The fraction of sp³-hybridized carbons (Fsp3) is 0.333. The highest BCUT2D eigenvalue weighted by Crippen LogP contribution is 2.23. The molecule has 0 spiro atoms. The first-order valence-corrected chi connectivity index (χ1v) is 9.34. The quantitative estimate of drug-likeness (QED) is 0.503. The Labute approximate surface area is 159 Å². The Morgan fingerprint density at radius 1 is 1.15 bits per heavy atom. The normalized spacial score (nSPS) is 10.9. The predicted octanol–water partition coefficient (Wildman–Crippen LogP) is 3.80. The van der Waals surface area contributed by atoms with Gasteiger partial charge in [0, 0.05) is 30.8 Å². The van der Waals surface area contributed by atoms with E-state index in [1.165, 1.54) is 0 Å². The summed E-state index contributed by atoms with van der Waals surface area (Å²) < 4.78 is 5.67. The van der Waals surface area contributed by atoms with Gasteiger partial charge in [-0.2, -0.15) is 5.10 Å². The van der Waals surface area contributed by atoms with Gasteiger partial charge in [0.05, 0.1) is 6.20 Å². The summed E-state index contributed by atoms with van der Waals surface area (Å²) in [6, 6.07) is 11.6. The van der Waals surface area contributed by atoms with Crippen LogP contribution in [-0.2, 0) is 13.1 Å². The molecule has 2 aromatic heterocycles. The van der Waals surface area contributed by atoms with Gasteiger partial charge in [0.1, 0.15) is 11.5 Å². The number of rotatable bonds is 9. The second-order valence-electron chi connectivity index (χ2n) is 6.59. The van der Waals surface area contributed by atoms with Crippen molar-refractivity contribution in [1.82, 2.24) is 20.8 Å². The van der Waals surface area contributed by atoms with Crippen LogP contribution in [0.2, 0.25) is 0 Å². The summed E-state index contributed by atoms with van der Waals surface area (Å²) in [4.78, 5) is 12.0. The summed E-state index contributed by atoms with van der Waals surface area (Å²) in [6.45, 7) is 6.13. The summed E-state index contributed by atoms with van der Waals surface area (Å²) in [5, 5.41) is 13.5. The van der Waals surface area contributed by atoms with Crippen LogP contribution in [0.3, 0.4) is 0 Å². The van der Waals surface area contributed by atoms with E-state index in [1.807, 2.05) is 49.5 Å². The number of carbonyl (C=O) groups is 1. The Kier molecular flexibility index (Phi) is 6.44. The van der Waals surface area contributed by atoms with Gasteiger partial charge in [0.2, 0.25) is 0 Å². The van der Waals surface area contributed by atoms with Crippen molar-refractivity contribution in [3.63, 3.8) is 0 Å². The molecule has 0 aliphatic heterocycles. The summed E-state index contributed by atoms with van der Waals surface area (Å²) in [5.74, 6) is 1.65. The first-order chi connectivity index (χ1) is 13.2. The van der Waals surface area contributed by atoms with Crippen molar-refractivity contribution >= 4 is 5.91 Å². The topological polar surface area (TPSA) is 83.0 Å². The van der Waals surface area contributed by atoms with Crippen LogP contribution in [0.5, 0.6) is 0 Å². The molecule has 142 valence electrons. The zero-order valence-corrected chi connectivity index (χ0v) is 15.8. The third kappa shape index (κ3) is 5.08. The van der Waals surface area contributed by atoms with Crippen molar-refractivity contribution in [2.45, 2.75) is 39.8 Å². The van der Waals surface area contributed by atoms with E-state index in [-0.39, 0.29) is 5.91 Å². The Hall–Kier alpha value is -2.86. The van der Waals surface area contributed by atoms with Gasteiger partial charge in [0.15, 0.2) is 5.76 Å². The maximum atomic E-state index is 12.0. The van der Waals surface area contributed by atoms with Crippen molar-refractivity contribution in [2.24, 2.45) is 0 Å². The highest BCUT2D eigenvalue weighted by Gasteiger charge is 2.11. The van der Waals surface area contributed by atoms with Crippen molar-refractivity contribution in [3.8, 4) is 11.5 Å². The van der Waals surface area contributed by atoms with Crippen molar-refractivity contribution in [3.05, 3.63) is 65.0 Å². The number of furan rings is 1. The van der Waals surface area contributed by atoms with Gasteiger partial charge < -0.3 is 15.1 Å². The number of aryl methyl sites for hydroxylation is 1. The molecule has 3 aromatic rings. The minimum absolute atomic E-state index is 0.0141. The number of aromatic amines is 1. The van der Waals surface area contributed by atoms with Gasteiger partial charge in [-0.1, -0.05) is 25.5 Å². The van der Waals surface area contributed by atoms with Crippen LogP contribution in [0.1, 0.15) is 47.0 Å². The fourth-order valence-electron chi connectivity index (χ4n) is 2.82. The maximum absolute atomic E-state index is 12.0. The van der Waals surface area contributed by atoms with E-state index in [2.05, 4.69) is 27.8 Å². The number of benzene rings is 1. The molecule has 1 amide bonds. The molecule has 0 bridgehead atoms. The van der Waals surface area contributed by atoms with E-state index in [0.717, 1.165) is 47.7 Å². The lowest BCUT2D eigenvalue weighted by molar-refractivity contribution is 0.0953. The summed E-state index contributed by atoms with van der Waals surface area (Å²) in [5.41, 5.74) is 3.77. The lowest BCUT2D eigenvalue weighted by atomic mass is 10.1. The van der Waals surface area contributed by atoms with Crippen LogP contribution in [-0.4, -0.2) is 22.6 Å². The monoisotopic (exact) mass is 366 g/mol. The zero-order valence-electron chi connectivity index (χ0n) is 15.8. The number of nitrogens with one attached hydrogen (secondary N) is 3. The van der Waals surface area contributed by atoms with E-state index in [4.69, 9.17) is 4.42 Å². The number of aromatic nitrogens is 2. The molecule has 27 heavy (non-hydrogen) atoms. The fourth-order valence-corrected chi connectivity index (χ4v) is 2.82. The SMILES string of the molecule is CCCCNC(=O)c1ccc(CNCc2cn[nH]c2-c2ccc(C)o2)cc1. The zero-order chi connectivity index (χ0) is 19.1. The number of H-pyrrole nitrogens is 1. The molecule has 0 radical (unpaired) electrons. The Balaban J connectivity index is 1.51. The van der Waals surface area contributed by atoms with E-state index >= 15 is 0 Å². The smallest absolute Gasteiger partial charge is 0.251 e. The molecule has 0 saturated heterocycles. The maximum Gasteiger partial charge on any atom is 0.251 e. The molecule has 0 aliphatic rings. The predicted molar refractivity (Wildman–Crippen MR) is 105 cm³/mol. The van der Waals surface area contributed by atoms with Crippen molar-refractivity contribution in [2.75, 3.05) is 6.54 Å². The van der Waals surface area contributed by atoms with Crippen LogP contribution >= 0.6 is 0 Å². The average molecular weight is 366 g/mol. The molecular formula is C21H26N4O2. The first-order valence-electron chi connectivity index (χ1n) is 9.34. The first kappa shape index (κ1) is 18.9. The Bertz CT molecular complexity index is 864. The minimum Gasteiger partial charge on any atom is -0.460 e. The van der Waals surface area contributed by atoms with Crippen LogP contribution in [0.15, 0.2) is 47.0 Å². The van der Waals surface area contributed by atoms with Crippen LogP contribution in [0, 0.1) is 6.92 Å². The summed E-state index contributed by atoms with van der Waals surface area (Å²) in [6.07, 6.45) is 3.88. The number of hydrogen-bond donors (Lipinski definition) is 3. The van der Waals surface area contributed by atoms with E-state index < -0.39 is 0 Å². The van der Waals surface area contributed by atoms with Crippen LogP contribution < -0.4 is 10.6 Å². The Morgan fingerprint density at radius 2 is 1.96 bits per heavy atom. The molecule has 0 saturated carbocycles. The molecule has 0 aliphatic carbocycles. The third-order valence-electron chi connectivity index (χ3n) is 4.38. The lowest BCUT2D eigenvalue weighted by Crippen LogP contribution is -2.24. The second kappa shape index (κ2) is 9.19. The third-order valence-corrected chi connectivity index (χ3v) is 4.38. The standard InChI is InChI=1S/C21H26N4O2/c1-3-4-11-23-21(26)17-8-6-16(7-9-17)12-22-13-18-14-24-25-20(18)19-10-5-15(2)27-19/h5-10,14,22H,3-4,11-13H2,1-2H3,(H,23,26)(H,24,25). The molecular weight excluding hydrogens is 340 g/mol. The summed E-state index contributed by atoms with van der Waals surface area (Å²) >= 11 is 0. The number of unbranched alkanes of at least 4 members (excludes halogenated alkanes) is 1. The molecule has 3 N–H and O–H groups in total. The van der Waals surface area contributed by atoms with Gasteiger partial charge >= 0.3 is 0 Å². The van der Waals surface area contributed by atoms with E-state index in [0.29, 0.717) is 18.7 Å². The van der Waals surface area contributed by atoms with Gasteiger partial charge in [-0.15, -0.1) is 0 Å². The Morgan fingerprint density at radius 3 is 2.67 bits per heavy atom. The number of amides is 1. The van der Waals surface area contributed by atoms with E-state index in [9.17, 15) is 4.79 Å². The molecule has 0 fully saturated rings. The van der Waals surface area contributed by atoms with Crippen LogP contribution in [0.4, 0.5) is 0 Å². The molecule has 6 heteroatoms. The highest BCUT2D eigenvalue weighted by atomic mass is 16.3. The van der Waals surface area contributed by atoms with Gasteiger partial charge in [-0.05, 0) is 43.2 Å². The molecule has 0 unspecified atom stereocenters. The molecule has 2 heterocycles. The van der Waals surface area contributed by atoms with Gasteiger partial charge in [0.25, 0.3) is 5.91 Å². The molecule has 1 aromatic carbocycles. The number of hydrogen-bond acceptors (Lipinski definition) is 4. The molecule has 3 rings (SSSR count).